The van der Waals surface area contributed by atoms with E-state index in [1.165, 1.54) is 48.7 Å². The summed E-state index contributed by atoms with van der Waals surface area (Å²) in [4.78, 5) is 35.2. The lowest BCUT2D eigenvalue weighted by molar-refractivity contribution is -0.384. The molecule has 1 fully saturated rings. The van der Waals surface area contributed by atoms with Crippen molar-refractivity contribution in [3.8, 4) is 5.75 Å². The van der Waals surface area contributed by atoms with Gasteiger partial charge >= 0.3 is 0 Å². The number of benzene rings is 3. The summed E-state index contributed by atoms with van der Waals surface area (Å²) >= 11 is 0. The van der Waals surface area contributed by atoms with E-state index in [0.29, 0.717) is 24.5 Å². The number of nitro benzene ring substituents is 1. The van der Waals surface area contributed by atoms with Gasteiger partial charge in [-0.3, -0.25) is 24.0 Å². The molecular formula is C28H29N5O8S. The summed E-state index contributed by atoms with van der Waals surface area (Å²) in [6.07, 6.45) is 3.31. The van der Waals surface area contributed by atoms with Crippen molar-refractivity contribution in [2.45, 2.75) is 23.8 Å². The van der Waals surface area contributed by atoms with E-state index in [2.05, 4.69) is 15.8 Å². The predicted octanol–water partition coefficient (Wildman–Crippen LogP) is 2.61. The van der Waals surface area contributed by atoms with Crippen molar-refractivity contribution in [2.75, 3.05) is 30.6 Å². The fourth-order valence-corrected chi connectivity index (χ4v) is 5.46. The Bertz CT molecular complexity index is 1530. The number of nitrogens with one attached hydrogen (secondary N) is 2. The summed E-state index contributed by atoms with van der Waals surface area (Å²) in [6.45, 7) is 0.330. The zero-order valence-corrected chi connectivity index (χ0v) is 23.2. The number of nitrogens with zero attached hydrogens (tertiary/aromatic N) is 3. The Morgan fingerprint density at radius 1 is 1.07 bits per heavy atom. The molecule has 4 rings (SSSR count). The van der Waals surface area contributed by atoms with Crippen LogP contribution in [0, 0.1) is 10.1 Å². The average Bonchev–Trinajstić information content (AvgIpc) is 3.53. The quantitative estimate of drug-likeness (QED) is 0.173. The number of sulfonamides is 1. The van der Waals surface area contributed by atoms with Crippen molar-refractivity contribution >= 4 is 39.4 Å². The van der Waals surface area contributed by atoms with E-state index < -0.39 is 27.4 Å². The van der Waals surface area contributed by atoms with Gasteiger partial charge in [0, 0.05) is 25.3 Å². The first-order valence-corrected chi connectivity index (χ1v) is 14.4. The number of hydrogen-bond acceptors (Lipinski definition) is 9. The van der Waals surface area contributed by atoms with Gasteiger partial charge in [0.25, 0.3) is 27.5 Å². The largest absolute Gasteiger partial charge is 0.484 e. The van der Waals surface area contributed by atoms with Crippen LogP contribution in [0.1, 0.15) is 18.4 Å². The molecule has 0 bridgehead atoms. The number of anilines is 1. The second kappa shape index (κ2) is 14.2. The van der Waals surface area contributed by atoms with Gasteiger partial charge < -0.3 is 14.8 Å². The third-order valence-corrected chi connectivity index (χ3v) is 7.94. The van der Waals surface area contributed by atoms with Crippen LogP contribution in [-0.4, -0.2) is 63.8 Å². The minimum atomic E-state index is -4.24. The molecule has 0 aromatic heterocycles. The molecule has 220 valence electrons. The first-order valence-electron chi connectivity index (χ1n) is 13.0. The number of carbonyl (C=O) groups excluding carboxylic acids is 2. The average molecular weight is 596 g/mol. The molecule has 0 unspecified atom stereocenters. The lowest BCUT2D eigenvalue weighted by atomic mass is 10.2. The number of non-ortho nitro benzene ring substituents is 1. The van der Waals surface area contributed by atoms with Crippen LogP contribution in [-0.2, 0) is 24.3 Å². The predicted molar refractivity (Wildman–Crippen MR) is 154 cm³/mol. The van der Waals surface area contributed by atoms with E-state index in [9.17, 15) is 28.1 Å². The van der Waals surface area contributed by atoms with Gasteiger partial charge in [-0.1, -0.05) is 24.3 Å². The fraction of sp³-hybridized carbons (Fsp3) is 0.250. The molecule has 0 radical (unpaired) electrons. The smallest absolute Gasteiger partial charge is 0.271 e. The molecule has 0 spiro atoms. The second-order valence-electron chi connectivity index (χ2n) is 9.19. The maximum absolute atomic E-state index is 13.4. The fourth-order valence-electron chi connectivity index (χ4n) is 4.02. The molecular weight excluding hydrogens is 566 g/mol. The Morgan fingerprint density at radius 3 is 2.52 bits per heavy atom. The monoisotopic (exact) mass is 595 g/mol. The summed E-state index contributed by atoms with van der Waals surface area (Å²) in [5.74, 6) is -0.569. The molecule has 1 heterocycles. The third-order valence-electron chi connectivity index (χ3n) is 6.15. The second-order valence-corrected chi connectivity index (χ2v) is 11.1. The van der Waals surface area contributed by atoms with Gasteiger partial charge in [-0.25, -0.2) is 13.8 Å². The van der Waals surface area contributed by atoms with E-state index in [-0.39, 0.29) is 34.9 Å². The molecule has 1 aliphatic heterocycles. The number of amides is 2. The minimum Gasteiger partial charge on any atom is -0.484 e. The van der Waals surface area contributed by atoms with Crippen LogP contribution in [0.2, 0.25) is 0 Å². The topological polar surface area (TPSA) is 170 Å². The van der Waals surface area contributed by atoms with Crippen molar-refractivity contribution in [3.05, 3.63) is 94.5 Å². The molecule has 13 nitrogen and oxygen atoms in total. The summed E-state index contributed by atoms with van der Waals surface area (Å²) in [5, 5.41) is 17.9. The molecule has 0 saturated carbocycles. The van der Waals surface area contributed by atoms with Crippen LogP contribution in [0.25, 0.3) is 0 Å². The highest BCUT2D eigenvalue weighted by Crippen LogP contribution is 2.26. The maximum atomic E-state index is 13.4. The van der Waals surface area contributed by atoms with Gasteiger partial charge in [-0.15, -0.1) is 0 Å². The highest BCUT2D eigenvalue weighted by molar-refractivity contribution is 7.92. The summed E-state index contributed by atoms with van der Waals surface area (Å²) in [6, 6.07) is 19.0. The first kappa shape index (κ1) is 30.1. The van der Waals surface area contributed by atoms with Crippen molar-refractivity contribution in [1.82, 2.24) is 10.7 Å². The lowest BCUT2D eigenvalue weighted by Crippen LogP contribution is -2.39. The molecule has 1 saturated heterocycles. The van der Waals surface area contributed by atoms with Crippen LogP contribution in [0.15, 0.2) is 88.9 Å². The van der Waals surface area contributed by atoms with Crippen molar-refractivity contribution in [1.29, 1.82) is 0 Å². The standard InChI is InChI=1S/C28H29N5O8S/c34-27(19-32(22-6-4-7-23(16-22)33(36)37)42(38,39)26-9-2-1-3-10-26)31-30-17-21-11-13-24(14-12-21)41-20-28(35)29-18-25-8-5-15-40-25/h1-4,6-7,9-14,16-17,25H,5,8,15,18-20H2,(H,29,35)(H,31,34)/b30-17-/t25-/m0/s1. The number of hydrogen-bond donors (Lipinski definition) is 2. The zero-order chi connectivity index (χ0) is 30.0. The first-order chi connectivity index (χ1) is 20.2. The van der Waals surface area contributed by atoms with Gasteiger partial charge in [0.2, 0.25) is 0 Å². The highest BCUT2D eigenvalue weighted by atomic mass is 32.2. The molecule has 2 amide bonds. The van der Waals surface area contributed by atoms with Crippen LogP contribution < -0.4 is 19.8 Å². The Morgan fingerprint density at radius 2 is 1.83 bits per heavy atom. The Kier molecular flexibility index (Phi) is 10.2. The number of carbonyl (C=O) groups is 2. The van der Waals surface area contributed by atoms with Crippen LogP contribution in [0.3, 0.4) is 0 Å². The van der Waals surface area contributed by atoms with Crippen LogP contribution >= 0.6 is 0 Å². The number of nitro groups is 1. The van der Waals surface area contributed by atoms with E-state index in [1.807, 2.05) is 0 Å². The SMILES string of the molecule is O=C(COc1ccc(/C=N\NC(=O)CN(c2cccc([N+](=O)[O-])c2)S(=O)(=O)c2ccccc2)cc1)NC[C@@H]1CCCO1. The van der Waals surface area contributed by atoms with Crippen LogP contribution in [0.5, 0.6) is 5.75 Å². The van der Waals surface area contributed by atoms with Crippen molar-refractivity contribution in [2.24, 2.45) is 5.10 Å². The van der Waals surface area contributed by atoms with E-state index in [0.717, 1.165) is 23.2 Å². The summed E-state index contributed by atoms with van der Waals surface area (Å²) in [5.41, 5.74) is 2.50. The molecule has 14 heteroatoms. The third kappa shape index (κ3) is 8.34. The van der Waals surface area contributed by atoms with E-state index in [1.54, 1.807) is 30.3 Å². The highest BCUT2D eigenvalue weighted by Gasteiger charge is 2.28. The van der Waals surface area contributed by atoms with Gasteiger partial charge in [0.1, 0.15) is 12.3 Å². The molecule has 1 aliphatic rings. The summed E-state index contributed by atoms with van der Waals surface area (Å²) < 4.78 is 38.5. The Labute approximate surface area is 242 Å². The van der Waals surface area contributed by atoms with Gasteiger partial charge in [-0.05, 0) is 60.9 Å². The number of hydrazone groups is 1. The molecule has 2 N–H and O–H groups in total. The van der Waals surface area contributed by atoms with Crippen molar-refractivity contribution < 1.29 is 32.4 Å². The zero-order valence-electron chi connectivity index (χ0n) is 22.4. The lowest BCUT2D eigenvalue weighted by Gasteiger charge is -2.23. The van der Waals surface area contributed by atoms with Gasteiger partial charge in [0.15, 0.2) is 6.61 Å². The van der Waals surface area contributed by atoms with Crippen LogP contribution in [0.4, 0.5) is 11.4 Å². The molecule has 3 aromatic rings. The minimum absolute atomic E-state index is 0.0455. The van der Waals surface area contributed by atoms with E-state index in [4.69, 9.17) is 9.47 Å². The molecule has 0 aliphatic carbocycles. The summed E-state index contributed by atoms with van der Waals surface area (Å²) in [7, 11) is -4.24. The Hall–Kier alpha value is -4.82. The molecule has 42 heavy (non-hydrogen) atoms. The van der Waals surface area contributed by atoms with E-state index >= 15 is 0 Å². The van der Waals surface area contributed by atoms with Crippen molar-refractivity contribution in [3.63, 3.8) is 0 Å². The normalized spacial score (nSPS) is 14.8. The number of ether oxygens (including phenoxy) is 2. The van der Waals surface area contributed by atoms with Gasteiger partial charge in [0.05, 0.1) is 27.8 Å². The number of rotatable bonds is 13. The molecule has 1 atom stereocenters. The molecule has 3 aromatic carbocycles. The van der Waals surface area contributed by atoms with Gasteiger partial charge in [-0.2, -0.15) is 5.10 Å². The maximum Gasteiger partial charge on any atom is 0.271 e. The Balaban J connectivity index is 1.35.